The van der Waals surface area contributed by atoms with Crippen molar-refractivity contribution in [1.82, 2.24) is 5.32 Å². The van der Waals surface area contributed by atoms with Gasteiger partial charge in [-0.05, 0) is 52.5 Å². The van der Waals surface area contributed by atoms with E-state index in [1.54, 1.807) is 0 Å². The molecule has 1 saturated heterocycles. The lowest BCUT2D eigenvalue weighted by Gasteiger charge is -2.35. The first-order valence-corrected chi connectivity index (χ1v) is 13.9. The third-order valence-corrected chi connectivity index (χ3v) is 8.36. The maximum atomic E-state index is 14.5. The van der Waals surface area contributed by atoms with Gasteiger partial charge in [0.05, 0.1) is 23.3 Å². The van der Waals surface area contributed by atoms with E-state index < -0.39 is 33.7 Å². The van der Waals surface area contributed by atoms with Crippen LogP contribution in [-0.4, -0.2) is 37.2 Å². The van der Waals surface area contributed by atoms with Crippen LogP contribution in [0.5, 0.6) is 0 Å². The van der Waals surface area contributed by atoms with Crippen LogP contribution in [0.4, 0.5) is 10.1 Å². The minimum absolute atomic E-state index is 0.0115. The fourth-order valence-electron chi connectivity index (χ4n) is 4.72. The Hall–Kier alpha value is -1.96. The SMILES string of the molecule is CC(C)Cc1cc(C[C@@H]2CS(=O)(=O)C[C@H](NCc3cccc(C(C)(C)C)c3)[C@H]2O)cc(F)c1N. The van der Waals surface area contributed by atoms with Crippen molar-refractivity contribution < 1.29 is 17.9 Å². The van der Waals surface area contributed by atoms with Crippen molar-refractivity contribution in [2.75, 3.05) is 17.2 Å². The molecule has 2 aromatic carbocycles. The standard InChI is InChI=1S/C27H39FN2O3S/c1-17(2)9-20-10-19(13-23(28)25(20)29)11-21-15-34(32,33)16-24(26(21)31)30-14-18-7-6-8-22(12-18)27(3,4)5/h6-8,10,12-13,17,21,24,26,30-31H,9,11,14-16,29H2,1-5H3/t21-,24+,26+/m1/s1. The first-order chi connectivity index (χ1) is 15.7. The Balaban J connectivity index is 1.76. The lowest BCUT2D eigenvalue weighted by atomic mass is 9.86. The Morgan fingerprint density at radius 1 is 1.15 bits per heavy atom. The number of halogens is 1. The molecular formula is C27H39FN2O3S. The average Bonchev–Trinajstić information content (AvgIpc) is 2.72. The summed E-state index contributed by atoms with van der Waals surface area (Å²) in [5, 5.41) is 14.3. The molecule has 1 heterocycles. The van der Waals surface area contributed by atoms with Crippen LogP contribution in [0.1, 0.15) is 56.9 Å². The quantitative estimate of drug-likeness (QED) is 0.510. The van der Waals surface area contributed by atoms with Crippen LogP contribution in [0.2, 0.25) is 0 Å². The summed E-state index contributed by atoms with van der Waals surface area (Å²) >= 11 is 0. The second-order valence-electron chi connectivity index (χ2n) is 11.2. The average molecular weight is 491 g/mol. The number of anilines is 1. The molecule has 0 bridgehead atoms. The second-order valence-corrected chi connectivity index (χ2v) is 13.4. The lowest BCUT2D eigenvalue weighted by Crippen LogP contribution is -2.54. The van der Waals surface area contributed by atoms with Crippen LogP contribution in [0.25, 0.3) is 0 Å². The van der Waals surface area contributed by atoms with Crippen molar-refractivity contribution in [1.29, 1.82) is 0 Å². The fraction of sp³-hybridized carbons (Fsp3) is 0.556. The van der Waals surface area contributed by atoms with Gasteiger partial charge in [0.15, 0.2) is 9.84 Å². The molecule has 1 aliphatic rings. The summed E-state index contributed by atoms with van der Waals surface area (Å²) in [6.45, 7) is 11.0. The molecule has 1 fully saturated rings. The zero-order chi connectivity index (χ0) is 25.3. The van der Waals surface area contributed by atoms with Gasteiger partial charge in [-0.15, -0.1) is 0 Å². The summed E-state index contributed by atoms with van der Waals surface area (Å²) in [6, 6.07) is 10.8. The van der Waals surface area contributed by atoms with Gasteiger partial charge in [0.1, 0.15) is 5.82 Å². The van der Waals surface area contributed by atoms with Crippen LogP contribution in [0.15, 0.2) is 36.4 Å². The minimum Gasteiger partial charge on any atom is -0.396 e. The first kappa shape index (κ1) is 26.6. The van der Waals surface area contributed by atoms with E-state index in [1.807, 2.05) is 32.0 Å². The Bertz CT molecular complexity index is 1110. The Kier molecular flexibility index (Phi) is 8.10. The van der Waals surface area contributed by atoms with Crippen LogP contribution >= 0.6 is 0 Å². The molecule has 0 spiro atoms. The number of hydrogen-bond donors (Lipinski definition) is 3. The van der Waals surface area contributed by atoms with E-state index in [-0.39, 0.29) is 29.0 Å². The number of benzene rings is 2. The van der Waals surface area contributed by atoms with Gasteiger partial charge in [0.2, 0.25) is 0 Å². The summed E-state index contributed by atoms with van der Waals surface area (Å²) in [7, 11) is -3.36. The topological polar surface area (TPSA) is 92.4 Å². The van der Waals surface area contributed by atoms with Gasteiger partial charge in [-0.1, -0.05) is 65.0 Å². The van der Waals surface area contributed by atoms with Crippen LogP contribution < -0.4 is 11.1 Å². The third kappa shape index (κ3) is 6.80. The van der Waals surface area contributed by atoms with Crippen LogP contribution in [0.3, 0.4) is 0 Å². The van der Waals surface area contributed by atoms with E-state index in [2.05, 4.69) is 38.2 Å². The molecule has 0 amide bonds. The fourth-order valence-corrected chi connectivity index (χ4v) is 6.68. The highest BCUT2D eigenvalue weighted by Crippen LogP contribution is 2.28. The van der Waals surface area contributed by atoms with Gasteiger partial charge in [-0.2, -0.15) is 0 Å². The Morgan fingerprint density at radius 2 is 1.85 bits per heavy atom. The predicted molar refractivity (Wildman–Crippen MR) is 137 cm³/mol. The molecule has 0 aromatic heterocycles. The monoisotopic (exact) mass is 490 g/mol. The molecule has 2 aromatic rings. The number of aliphatic hydroxyl groups is 1. The van der Waals surface area contributed by atoms with E-state index in [1.165, 1.54) is 11.6 Å². The summed E-state index contributed by atoms with van der Waals surface area (Å²) in [5.74, 6) is -0.930. The van der Waals surface area contributed by atoms with E-state index >= 15 is 0 Å². The zero-order valence-electron chi connectivity index (χ0n) is 20.9. The number of sulfone groups is 1. The molecule has 1 aliphatic heterocycles. The normalized spacial score (nSPS) is 22.8. The van der Waals surface area contributed by atoms with Crippen molar-refractivity contribution in [3.63, 3.8) is 0 Å². The summed E-state index contributed by atoms with van der Waals surface area (Å²) in [6.07, 6.45) is 0.0591. The molecule has 7 heteroatoms. The molecule has 0 saturated carbocycles. The van der Waals surface area contributed by atoms with Gasteiger partial charge in [0, 0.05) is 18.5 Å². The lowest BCUT2D eigenvalue weighted by molar-refractivity contribution is 0.0780. The number of hydrogen-bond acceptors (Lipinski definition) is 5. The van der Waals surface area contributed by atoms with E-state index in [0.717, 1.165) is 11.1 Å². The highest BCUT2D eigenvalue weighted by Gasteiger charge is 2.39. The number of aliphatic hydroxyl groups excluding tert-OH is 1. The van der Waals surface area contributed by atoms with E-state index in [4.69, 9.17) is 5.73 Å². The number of nitrogen functional groups attached to an aromatic ring is 1. The van der Waals surface area contributed by atoms with Crippen molar-refractivity contribution in [2.24, 2.45) is 11.8 Å². The van der Waals surface area contributed by atoms with Gasteiger partial charge < -0.3 is 16.2 Å². The highest BCUT2D eigenvalue weighted by atomic mass is 32.2. The molecule has 188 valence electrons. The summed E-state index contributed by atoms with van der Waals surface area (Å²) < 4.78 is 39.9. The van der Waals surface area contributed by atoms with Gasteiger partial charge in [0.25, 0.3) is 0 Å². The Morgan fingerprint density at radius 3 is 2.50 bits per heavy atom. The molecule has 0 unspecified atom stereocenters. The summed E-state index contributed by atoms with van der Waals surface area (Å²) in [5.41, 5.74) is 9.72. The van der Waals surface area contributed by atoms with Crippen LogP contribution in [-0.2, 0) is 34.6 Å². The highest BCUT2D eigenvalue weighted by molar-refractivity contribution is 7.91. The van der Waals surface area contributed by atoms with E-state index in [9.17, 15) is 17.9 Å². The molecule has 5 nitrogen and oxygen atoms in total. The zero-order valence-corrected chi connectivity index (χ0v) is 21.8. The molecule has 0 radical (unpaired) electrons. The molecule has 3 atom stereocenters. The van der Waals surface area contributed by atoms with Crippen molar-refractivity contribution in [3.8, 4) is 0 Å². The largest absolute Gasteiger partial charge is 0.396 e. The maximum Gasteiger partial charge on any atom is 0.152 e. The molecule has 3 rings (SSSR count). The first-order valence-electron chi connectivity index (χ1n) is 12.0. The molecule has 34 heavy (non-hydrogen) atoms. The van der Waals surface area contributed by atoms with Gasteiger partial charge >= 0.3 is 0 Å². The van der Waals surface area contributed by atoms with Crippen molar-refractivity contribution >= 4 is 15.5 Å². The second kappa shape index (κ2) is 10.3. The minimum atomic E-state index is -3.36. The number of nitrogens with two attached hydrogens (primary N) is 1. The number of nitrogens with one attached hydrogen (secondary N) is 1. The molecule has 4 N–H and O–H groups in total. The van der Waals surface area contributed by atoms with Gasteiger partial charge in [-0.25, -0.2) is 12.8 Å². The third-order valence-electron chi connectivity index (χ3n) is 6.56. The van der Waals surface area contributed by atoms with Crippen LogP contribution in [0, 0.1) is 17.7 Å². The maximum absolute atomic E-state index is 14.5. The number of rotatable bonds is 7. The van der Waals surface area contributed by atoms with Crippen molar-refractivity contribution in [3.05, 3.63) is 64.5 Å². The molecular weight excluding hydrogens is 451 g/mol. The van der Waals surface area contributed by atoms with Crippen molar-refractivity contribution in [2.45, 2.75) is 71.6 Å². The molecule has 0 aliphatic carbocycles. The smallest absolute Gasteiger partial charge is 0.152 e. The Labute approximate surface area is 203 Å². The summed E-state index contributed by atoms with van der Waals surface area (Å²) in [4.78, 5) is 0. The van der Waals surface area contributed by atoms with Gasteiger partial charge in [-0.3, -0.25) is 0 Å². The van der Waals surface area contributed by atoms with E-state index in [0.29, 0.717) is 24.4 Å². The predicted octanol–water partition coefficient (Wildman–Crippen LogP) is 4.01.